The molecule has 0 radical (unpaired) electrons. The summed E-state index contributed by atoms with van der Waals surface area (Å²) in [7, 11) is 0. The quantitative estimate of drug-likeness (QED) is 0.659. The monoisotopic (exact) mass is 284 g/mol. The lowest BCUT2D eigenvalue weighted by atomic mass is 9.79. The highest BCUT2D eigenvalue weighted by Crippen LogP contribution is 2.37. The van der Waals surface area contributed by atoms with Gasteiger partial charge in [-0.2, -0.15) is 0 Å². The first-order valence-electron chi connectivity index (χ1n) is 7.51. The third kappa shape index (κ3) is 2.85. The van der Waals surface area contributed by atoms with E-state index in [-0.39, 0.29) is 11.9 Å². The van der Waals surface area contributed by atoms with Crippen molar-refractivity contribution in [3.63, 3.8) is 0 Å². The molecule has 110 valence electrons. The number of hydrazine groups is 1. The number of nitrogens with two attached hydrogens (primary N) is 1. The number of hydrogen-bond acceptors (Lipinski definition) is 2. The van der Waals surface area contributed by atoms with Crippen LogP contribution in [0.5, 0.6) is 0 Å². The minimum Gasteiger partial charge on any atom is -0.271 e. The summed E-state index contributed by atoms with van der Waals surface area (Å²) < 4.78 is 14.1. The third-order valence-corrected chi connectivity index (χ3v) is 4.45. The summed E-state index contributed by atoms with van der Waals surface area (Å²) in [5.74, 6) is 6.15. The molecule has 0 aromatic heterocycles. The van der Waals surface area contributed by atoms with Crippen molar-refractivity contribution >= 4 is 0 Å². The van der Waals surface area contributed by atoms with E-state index >= 15 is 0 Å². The maximum absolute atomic E-state index is 14.1. The van der Waals surface area contributed by atoms with Crippen molar-refractivity contribution in [1.29, 1.82) is 0 Å². The number of benzene rings is 2. The van der Waals surface area contributed by atoms with Crippen molar-refractivity contribution in [2.24, 2.45) is 5.84 Å². The van der Waals surface area contributed by atoms with E-state index in [0.717, 1.165) is 11.1 Å². The third-order valence-electron chi connectivity index (χ3n) is 4.45. The largest absolute Gasteiger partial charge is 0.271 e. The van der Waals surface area contributed by atoms with Crippen LogP contribution in [-0.2, 0) is 0 Å². The van der Waals surface area contributed by atoms with Gasteiger partial charge in [0.1, 0.15) is 5.82 Å². The first kappa shape index (κ1) is 14.2. The molecule has 2 aromatic rings. The van der Waals surface area contributed by atoms with Crippen LogP contribution in [0.1, 0.15) is 53.5 Å². The Balaban J connectivity index is 1.97. The Morgan fingerprint density at radius 2 is 2.00 bits per heavy atom. The van der Waals surface area contributed by atoms with Gasteiger partial charge >= 0.3 is 0 Å². The van der Waals surface area contributed by atoms with E-state index in [1.165, 1.54) is 30.9 Å². The molecule has 3 rings (SSSR count). The van der Waals surface area contributed by atoms with Gasteiger partial charge in [0.2, 0.25) is 0 Å². The fraction of sp³-hybridized carbons (Fsp3) is 0.333. The van der Waals surface area contributed by atoms with E-state index in [1.54, 1.807) is 6.07 Å². The molecule has 0 aliphatic heterocycles. The highest BCUT2D eigenvalue weighted by Gasteiger charge is 2.22. The molecule has 0 spiro atoms. The lowest BCUT2D eigenvalue weighted by Gasteiger charge is -2.27. The van der Waals surface area contributed by atoms with Gasteiger partial charge in [0.05, 0.1) is 6.04 Å². The van der Waals surface area contributed by atoms with Crippen molar-refractivity contribution in [1.82, 2.24) is 5.43 Å². The van der Waals surface area contributed by atoms with Crippen LogP contribution in [0.3, 0.4) is 0 Å². The fourth-order valence-electron chi connectivity index (χ4n) is 2.98. The summed E-state index contributed by atoms with van der Waals surface area (Å²) in [6.07, 6.45) is 3.81. The van der Waals surface area contributed by atoms with Crippen LogP contribution in [0, 0.1) is 12.7 Å². The van der Waals surface area contributed by atoms with Gasteiger partial charge < -0.3 is 0 Å². The van der Waals surface area contributed by atoms with Gasteiger partial charge in [0.25, 0.3) is 0 Å². The van der Waals surface area contributed by atoms with E-state index in [0.29, 0.717) is 11.5 Å². The average molecular weight is 284 g/mol. The Kier molecular flexibility index (Phi) is 4.04. The number of rotatable bonds is 4. The van der Waals surface area contributed by atoms with Gasteiger partial charge in [-0.25, -0.2) is 9.82 Å². The standard InChI is InChI=1S/C18H21FN2/c1-12-8-9-17(19)16(10-12)18(21-20)15-7-3-6-14(11-15)13-4-2-5-13/h3,6-11,13,18,21H,2,4-5,20H2,1H3. The van der Waals surface area contributed by atoms with Crippen LogP contribution in [0.4, 0.5) is 4.39 Å². The van der Waals surface area contributed by atoms with Crippen LogP contribution >= 0.6 is 0 Å². The molecule has 0 amide bonds. The first-order chi connectivity index (χ1) is 10.2. The summed E-state index contributed by atoms with van der Waals surface area (Å²) >= 11 is 0. The van der Waals surface area contributed by atoms with Gasteiger partial charge in [0.15, 0.2) is 0 Å². The molecular formula is C18H21FN2. The molecule has 3 N–H and O–H groups in total. The number of aryl methyl sites for hydroxylation is 1. The van der Waals surface area contributed by atoms with Gasteiger partial charge in [-0.3, -0.25) is 5.84 Å². The van der Waals surface area contributed by atoms with Gasteiger partial charge in [-0.05, 0) is 42.9 Å². The molecule has 0 bridgehead atoms. The SMILES string of the molecule is Cc1ccc(F)c(C(NN)c2cccc(C3CCC3)c2)c1. The van der Waals surface area contributed by atoms with Crippen LogP contribution in [0.25, 0.3) is 0 Å². The number of halogens is 1. The molecule has 0 saturated heterocycles. The average Bonchev–Trinajstić information content (AvgIpc) is 2.42. The van der Waals surface area contributed by atoms with Crippen LogP contribution in [-0.4, -0.2) is 0 Å². The zero-order chi connectivity index (χ0) is 14.8. The van der Waals surface area contributed by atoms with Crippen molar-refractivity contribution < 1.29 is 4.39 Å². The summed E-state index contributed by atoms with van der Waals surface area (Å²) in [5, 5.41) is 0. The summed E-state index contributed by atoms with van der Waals surface area (Å²) in [4.78, 5) is 0. The topological polar surface area (TPSA) is 38.0 Å². The molecule has 1 fully saturated rings. The van der Waals surface area contributed by atoms with Crippen LogP contribution < -0.4 is 11.3 Å². The second-order valence-corrected chi connectivity index (χ2v) is 5.92. The zero-order valence-corrected chi connectivity index (χ0v) is 12.3. The van der Waals surface area contributed by atoms with E-state index in [9.17, 15) is 4.39 Å². The van der Waals surface area contributed by atoms with Crippen molar-refractivity contribution in [3.8, 4) is 0 Å². The Hall–Kier alpha value is -1.71. The predicted molar refractivity (Wildman–Crippen MR) is 83.3 cm³/mol. The predicted octanol–water partition coefficient (Wildman–Crippen LogP) is 3.95. The summed E-state index contributed by atoms with van der Waals surface area (Å²) in [5.41, 5.74) is 6.75. The second-order valence-electron chi connectivity index (χ2n) is 5.92. The number of nitrogens with one attached hydrogen (secondary N) is 1. The molecule has 3 heteroatoms. The Bertz CT molecular complexity index is 635. The highest BCUT2D eigenvalue weighted by atomic mass is 19.1. The van der Waals surface area contributed by atoms with E-state index in [2.05, 4.69) is 17.6 Å². The lowest BCUT2D eigenvalue weighted by Crippen LogP contribution is -2.29. The van der Waals surface area contributed by atoms with E-state index in [4.69, 9.17) is 5.84 Å². The molecule has 2 aromatic carbocycles. The maximum Gasteiger partial charge on any atom is 0.128 e. The summed E-state index contributed by atoms with van der Waals surface area (Å²) in [6, 6.07) is 13.2. The van der Waals surface area contributed by atoms with Crippen molar-refractivity contribution in [3.05, 3.63) is 70.5 Å². The number of hydrogen-bond donors (Lipinski definition) is 2. The molecule has 2 nitrogen and oxygen atoms in total. The molecule has 1 atom stereocenters. The lowest BCUT2D eigenvalue weighted by molar-refractivity contribution is 0.419. The molecule has 0 heterocycles. The second kappa shape index (κ2) is 5.96. The molecule has 1 aliphatic rings. The highest BCUT2D eigenvalue weighted by molar-refractivity contribution is 5.37. The Morgan fingerprint density at radius 1 is 1.19 bits per heavy atom. The van der Waals surface area contributed by atoms with Crippen LogP contribution in [0.2, 0.25) is 0 Å². The molecule has 1 unspecified atom stereocenters. The maximum atomic E-state index is 14.1. The van der Waals surface area contributed by atoms with Crippen molar-refractivity contribution in [2.75, 3.05) is 0 Å². The normalized spacial score (nSPS) is 16.5. The van der Waals surface area contributed by atoms with Crippen molar-refractivity contribution in [2.45, 2.75) is 38.1 Å². The molecule has 1 aliphatic carbocycles. The summed E-state index contributed by atoms with van der Waals surface area (Å²) in [6.45, 7) is 1.96. The van der Waals surface area contributed by atoms with Gasteiger partial charge in [-0.1, -0.05) is 48.4 Å². The zero-order valence-electron chi connectivity index (χ0n) is 12.3. The molecular weight excluding hydrogens is 263 g/mol. The smallest absolute Gasteiger partial charge is 0.128 e. The Labute approximate surface area is 125 Å². The van der Waals surface area contributed by atoms with E-state index in [1.807, 2.05) is 25.1 Å². The Morgan fingerprint density at radius 3 is 2.67 bits per heavy atom. The van der Waals surface area contributed by atoms with E-state index < -0.39 is 0 Å². The van der Waals surface area contributed by atoms with Gasteiger partial charge in [-0.15, -0.1) is 0 Å². The first-order valence-corrected chi connectivity index (χ1v) is 7.51. The molecule has 1 saturated carbocycles. The fourth-order valence-corrected chi connectivity index (χ4v) is 2.98. The van der Waals surface area contributed by atoms with Crippen LogP contribution in [0.15, 0.2) is 42.5 Å². The van der Waals surface area contributed by atoms with Gasteiger partial charge in [0, 0.05) is 5.56 Å². The molecule has 21 heavy (non-hydrogen) atoms. The minimum absolute atomic E-state index is 0.224. The minimum atomic E-state index is -0.315.